The lowest BCUT2D eigenvalue weighted by Gasteiger charge is -2.30. The number of hydrogen-bond acceptors (Lipinski definition) is 5. The number of ether oxygens (including phenoxy) is 1. The van der Waals surface area contributed by atoms with Crippen molar-refractivity contribution in [3.63, 3.8) is 0 Å². The summed E-state index contributed by atoms with van der Waals surface area (Å²) < 4.78 is 8.15. The summed E-state index contributed by atoms with van der Waals surface area (Å²) in [6.45, 7) is 0. The summed E-state index contributed by atoms with van der Waals surface area (Å²) >= 11 is 3.17. The highest BCUT2D eigenvalue weighted by Crippen LogP contribution is 2.42. The Balaban J connectivity index is 1.40. The van der Waals surface area contributed by atoms with Crippen molar-refractivity contribution in [2.24, 2.45) is 4.99 Å². The molecule has 1 aliphatic carbocycles. The highest BCUT2D eigenvalue weighted by Gasteiger charge is 2.33. The van der Waals surface area contributed by atoms with Gasteiger partial charge in [-0.2, -0.15) is 0 Å². The number of aryl methyl sites for hydroxylation is 1. The third-order valence-corrected chi connectivity index (χ3v) is 9.98. The Morgan fingerprint density at radius 1 is 1.00 bits per heavy atom. The summed E-state index contributed by atoms with van der Waals surface area (Å²) in [5, 5.41) is 3.10. The molecule has 0 amide bonds. The molecule has 200 valence electrons. The number of benzene rings is 3. The van der Waals surface area contributed by atoms with Crippen molar-refractivity contribution in [2.75, 3.05) is 7.11 Å². The fourth-order valence-electron chi connectivity index (χ4n) is 6.15. The number of fused-ring (bicyclic) bond motifs is 4. The molecule has 0 unspecified atom stereocenters. The predicted octanol–water partition coefficient (Wildman–Crippen LogP) is 6.54. The van der Waals surface area contributed by atoms with Crippen LogP contribution in [0.4, 0.5) is 0 Å². The SMILES string of the molecule is COc1ccc2[nH]c(-c3ccccc3)c(/C=c3/sc4n(c3=O)[C@@H](c3cccs3)C3=C(N=4)c4ccccc4CC3)c2c1. The Kier molecular flexibility index (Phi) is 5.69. The van der Waals surface area contributed by atoms with Crippen molar-refractivity contribution < 1.29 is 4.74 Å². The molecule has 3 aromatic heterocycles. The van der Waals surface area contributed by atoms with Crippen molar-refractivity contribution in [3.05, 3.63) is 137 Å². The van der Waals surface area contributed by atoms with E-state index >= 15 is 0 Å². The molecule has 0 bridgehead atoms. The number of thiazole rings is 1. The molecule has 6 aromatic rings. The van der Waals surface area contributed by atoms with Gasteiger partial charge in [0.05, 0.1) is 29.1 Å². The Labute approximate surface area is 244 Å². The van der Waals surface area contributed by atoms with Gasteiger partial charge in [-0.25, -0.2) is 4.99 Å². The minimum atomic E-state index is -0.145. The Hall–Kier alpha value is -4.46. The number of nitrogens with one attached hydrogen (secondary N) is 1. The van der Waals surface area contributed by atoms with Crippen LogP contribution in [0, 0.1) is 0 Å². The summed E-state index contributed by atoms with van der Waals surface area (Å²) in [5.74, 6) is 0.774. The highest BCUT2D eigenvalue weighted by atomic mass is 32.1. The molecule has 0 saturated heterocycles. The average Bonchev–Trinajstić information content (AvgIpc) is 3.75. The van der Waals surface area contributed by atoms with Crippen LogP contribution in [0.2, 0.25) is 0 Å². The quantitative estimate of drug-likeness (QED) is 0.261. The van der Waals surface area contributed by atoms with E-state index in [1.807, 2.05) is 47.0 Å². The van der Waals surface area contributed by atoms with Crippen LogP contribution in [-0.4, -0.2) is 16.7 Å². The molecular formula is C34H25N3O2S2. The predicted molar refractivity (Wildman–Crippen MR) is 167 cm³/mol. The standard InChI is InChI=1S/C34H25N3O2S2/c1-39-22-14-16-27-25(18-22)26(30(35-27)21-9-3-2-4-10-21)19-29-33(38)37-32(28-12-7-17-40-28)24-15-13-20-8-5-6-11-23(20)31(24)36-34(37)41-29/h2-12,14,16-19,32,35H,13,15H2,1H3/b29-19+/t32-/m1/s1. The summed E-state index contributed by atoms with van der Waals surface area (Å²) in [6.07, 6.45) is 3.88. The maximum Gasteiger partial charge on any atom is 0.271 e. The minimum Gasteiger partial charge on any atom is -0.497 e. The molecule has 0 spiro atoms. The van der Waals surface area contributed by atoms with E-state index in [9.17, 15) is 4.79 Å². The van der Waals surface area contributed by atoms with Gasteiger partial charge in [0.25, 0.3) is 5.56 Å². The number of hydrogen-bond donors (Lipinski definition) is 1. The van der Waals surface area contributed by atoms with Crippen LogP contribution < -0.4 is 19.6 Å². The molecule has 0 radical (unpaired) electrons. The molecule has 1 aliphatic heterocycles. The zero-order chi connectivity index (χ0) is 27.5. The van der Waals surface area contributed by atoms with Crippen LogP contribution in [0.3, 0.4) is 0 Å². The van der Waals surface area contributed by atoms with E-state index in [0.717, 1.165) is 56.8 Å². The fraction of sp³-hybridized carbons (Fsp3) is 0.118. The van der Waals surface area contributed by atoms with E-state index in [-0.39, 0.29) is 11.6 Å². The normalized spacial score (nSPS) is 16.3. The van der Waals surface area contributed by atoms with Crippen LogP contribution in [-0.2, 0) is 6.42 Å². The number of H-pyrrole nitrogens is 1. The number of aromatic amines is 1. The van der Waals surface area contributed by atoms with Crippen LogP contribution in [0.15, 0.2) is 106 Å². The summed E-state index contributed by atoms with van der Waals surface area (Å²) in [6, 6.07) is 28.9. The van der Waals surface area contributed by atoms with Crippen molar-refractivity contribution in [1.29, 1.82) is 0 Å². The first-order valence-corrected chi connectivity index (χ1v) is 15.3. The Morgan fingerprint density at radius 3 is 2.68 bits per heavy atom. The average molecular weight is 572 g/mol. The molecule has 2 aliphatic rings. The van der Waals surface area contributed by atoms with E-state index in [1.165, 1.54) is 32.9 Å². The van der Waals surface area contributed by atoms with Gasteiger partial charge in [-0.1, -0.05) is 72.0 Å². The molecule has 41 heavy (non-hydrogen) atoms. The lowest BCUT2D eigenvalue weighted by molar-refractivity contribution is 0.415. The first kappa shape index (κ1) is 24.3. The van der Waals surface area contributed by atoms with Gasteiger partial charge in [0.15, 0.2) is 4.80 Å². The van der Waals surface area contributed by atoms with Crippen LogP contribution in [0.25, 0.3) is 33.9 Å². The zero-order valence-electron chi connectivity index (χ0n) is 22.3. The molecule has 4 heterocycles. The van der Waals surface area contributed by atoms with Gasteiger partial charge in [0, 0.05) is 26.9 Å². The maximum atomic E-state index is 14.3. The number of nitrogens with zero attached hydrogens (tertiary/aromatic N) is 2. The lowest BCUT2D eigenvalue weighted by atomic mass is 9.85. The van der Waals surface area contributed by atoms with E-state index in [0.29, 0.717) is 4.53 Å². The monoisotopic (exact) mass is 571 g/mol. The molecule has 1 atom stereocenters. The lowest BCUT2D eigenvalue weighted by Crippen LogP contribution is -2.38. The Bertz CT molecular complexity index is 2170. The molecule has 8 rings (SSSR count). The summed E-state index contributed by atoms with van der Waals surface area (Å²) in [7, 11) is 1.67. The van der Waals surface area contributed by atoms with Gasteiger partial charge in [0.2, 0.25) is 0 Å². The van der Waals surface area contributed by atoms with Crippen molar-refractivity contribution in [3.8, 4) is 17.0 Å². The number of methoxy groups -OCH3 is 1. The number of thiophene rings is 1. The third kappa shape index (κ3) is 3.88. The van der Waals surface area contributed by atoms with Crippen molar-refractivity contribution in [2.45, 2.75) is 18.9 Å². The topological polar surface area (TPSA) is 59.4 Å². The summed E-state index contributed by atoms with van der Waals surface area (Å²) in [4.78, 5) is 25.0. The van der Waals surface area contributed by atoms with Gasteiger partial charge in [-0.3, -0.25) is 9.36 Å². The number of aromatic nitrogens is 2. The largest absolute Gasteiger partial charge is 0.497 e. The number of allylic oxidation sites excluding steroid dienone is 1. The molecule has 3 aromatic carbocycles. The van der Waals surface area contributed by atoms with Crippen LogP contribution in [0.1, 0.15) is 34.0 Å². The molecule has 5 nitrogen and oxygen atoms in total. The van der Waals surface area contributed by atoms with Gasteiger partial charge in [-0.15, -0.1) is 11.3 Å². The first-order chi connectivity index (χ1) is 20.2. The van der Waals surface area contributed by atoms with Crippen molar-refractivity contribution >= 4 is 45.3 Å². The molecule has 7 heteroatoms. The second-order valence-electron chi connectivity index (χ2n) is 10.3. The van der Waals surface area contributed by atoms with Gasteiger partial charge >= 0.3 is 0 Å². The number of rotatable bonds is 4. The van der Waals surface area contributed by atoms with Crippen molar-refractivity contribution in [1.82, 2.24) is 9.55 Å². The van der Waals surface area contributed by atoms with E-state index in [4.69, 9.17) is 9.73 Å². The molecule has 0 saturated carbocycles. The smallest absolute Gasteiger partial charge is 0.271 e. The fourth-order valence-corrected chi connectivity index (χ4v) is 7.98. The van der Waals surface area contributed by atoms with Gasteiger partial charge in [-0.05, 0) is 65.3 Å². The maximum absolute atomic E-state index is 14.3. The van der Waals surface area contributed by atoms with E-state index in [2.05, 4.69) is 58.9 Å². The highest BCUT2D eigenvalue weighted by molar-refractivity contribution is 7.10. The molecule has 0 fully saturated rings. The summed E-state index contributed by atoms with van der Waals surface area (Å²) in [5.41, 5.74) is 8.75. The van der Waals surface area contributed by atoms with Crippen LogP contribution >= 0.6 is 22.7 Å². The van der Waals surface area contributed by atoms with Crippen LogP contribution in [0.5, 0.6) is 5.75 Å². The molecule has 1 N–H and O–H groups in total. The second kappa shape index (κ2) is 9.58. The zero-order valence-corrected chi connectivity index (χ0v) is 23.9. The van der Waals surface area contributed by atoms with Gasteiger partial charge in [0.1, 0.15) is 5.75 Å². The van der Waals surface area contributed by atoms with E-state index in [1.54, 1.807) is 18.4 Å². The minimum absolute atomic E-state index is 0.00573. The first-order valence-electron chi connectivity index (χ1n) is 13.6. The molecular weight excluding hydrogens is 547 g/mol. The Morgan fingerprint density at radius 2 is 1.85 bits per heavy atom. The van der Waals surface area contributed by atoms with Gasteiger partial charge < -0.3 is 9.72 Å². The van der Waals surface area contributed by atoms with E-state index < -0.39 is 0 Å². The second-order valence-corrected chi connectivity index (χ2v) is 12.3. The third-order valence-electron chi connectivity index (χ3n) is 8.07.